The molecule has 2 heterocycles. The van der Waals surface area contributed by atoms with Gasteiger partial charge in [-0.25, -0.2) is 4.98 Å². The molecule has 5 heteroatoms. The molecule has 1 saturated heterocycles. The maximum absolute atomic E-state index is 11.1. The normalized spacial score (nSPS) is 20.7. The summed E-state index contributed by atoms with van der Waals surface area (Å²) in [5, 5.41) is 3.69. The van der Waals surface area contributed by atoms with E-state index in [1.54, 1.807) is 11.3 Å². The lowest BCUT2D eigenvalue weighted by Crippen LogP contribution is -2.06. The number of carbonyl (C=O) groups excluding carboxylic acids is 1. The number of rotatable bonds is 3. The highest BCUT2D eigenvalue weighted by atomic mass is 32.2. The van der Waals surface area contributed by atoms with E-state index >= 15 is 0 Å². The number of ether oxygens (including phenoxy) is 1. The molecule has 1 aliphatic rings. The highest BCUT2D eigenvalue weighted by molar-refractivity contribution is 7.99. The third-order valence-electron chi connectivity index (χ3n) is 2.58. The SMILES string of the molecule is COC(=O)Cc1csc(C2CCCCS2)n1. The van der Waals surface area contributed by atoms with E-state index in [1.807, 2.05) is 17.1 Å². The third-order valence-corrected chi connectivity index (χ3v) is 5.12. The van der Waals surface area contributed by atoms with Crippen molar-refractivity contribution in [2.24, 2.45) is 0 Å². The van der Waals surface area contributed by atoms with Crippen molar-refractivity contribution in [3.8, 4) is 0 Å². The summed E-state index contributed by atoms with van der Waals surface area (Å²) in [5.41, 5.74) is 0.845. The summed E-state index contributed by atoms with van der Waals surface area (Å²) in [6.07, 6.45) is 4.13. The molecule has 0 aromatic carbocycles. The summed E-state index contributed by atoms with van der Waals surface area (Å²) < 4.78 is 4.63. The van der Waals surface area contributed by atoms with Crippen molar-refractivity contribution in [2.75, 3.05) is 12.9 Å². The molecule has 0 amide bonds. The van der Waals surface area contributed by atoms with Crippen LogP contribution in [0.4, 0.5) is 0 Å². The molecule has 16 heavy (non-hydrogen) atoms. The molecule has 88 valence electrons. The summed E-state index contributed by atoms with van der Waals surface area (Å²) in [6, 6.07) is 0. The predicted octanol–water partition coefficient (Wildman–Crippen LogP) is 2.82. The maximum Gasteiger partial charge on any atom is 0.311 e. The Labute approximate surface area is 104 Å². The Morgan fingerprint density at radius 3 is 3.19 bits per heavy atom. The molecular formula is C11H15NO2S2. The van der Waals surface area contributed by atoms with E-state index in [1.165, 1.54) is 37.1 Å². The number of nitrogens with zero attached hydrogens (tertiary/aromatic N) is 1. The first kappa shape index (κ1) is 11.9. The van der Waals surface area contributed by atoms with Crippen LogP contribution in [0.25, 0.3) is 0 Å². The predicted molar refractivity (Wildman–Crippen MR) is 66.9 cm³/mol. The van der Waals surface area contributed by atoms with Gasteiger partial charge in [-0.15, -0.1) is 11.3 Å². The Bertz CT molecular complexity index is 359. The molecule has 1 aliphatic heterocycles. The van der Waals surface area contributed by atoms with Gasteiger partial charge in [-0.05, 0) is 18.6 Å². The molecule has 0 saturated carbocycles. The molecule has 3 nitrogen and oxygen atoms in total. The first-order chi connectivity index (χ1) is 7.79. The van der Waals surface area contributed by atoms with Gasteiger partial charge >= 0.3 is 5.97 Å². The topological polar surface area (TPSA) is 39.2 Å². The Balaban J connectivity index is 1.98. The lowest BCUT2D eigenvalue weighted by atomic mass is 10.2. The first-order valence-electron chi connectivity index (χ1n) is 5.42. The Morgan fingerprint density at radius 1 is 1.62 bits per heavy atom. The monoisotopic (exact) mass is 257 g/mol. The number of thiazole rings is 1. The van der Waals surface area contributed by atoms with Gasteiger partial charge < -0.3 is 4.74 Å². The van der Waals surface area contributed by atoms with E-state index in [-0.39, 0.29) is 5.97 Å². The van der Waals surface area contributed by atoms with Gasteiger partial charge in [-0.2, -0.15) is 11.8 Å². The first-order valence-corrected chi connectivity index (χ1v) is 7.35. The third kappa shape index (κ3) is 2.98. The summed E-state index contributed by atoms with van der Waals surface area (Å²) in [5.74, 6) is 1.02. The summed E-state index contributed by atoms with van der Waals surface area (Å²) in [6.45, 7) is 0. The minimum atomic E-state index is -0.215. The van der Waals surface area contributed by atoms with Crippen LogP contribution in [-0.4, -0.2) is 23.8 Å². The van der Waals surface area contributed by atoms with Crippen LogP contribution < -0.4 is 0 Å². The van der Waals surface area contributed by atoms with Gasteiger partial charge in [0.1, 0.15) is 5.01 Å². The molecule has 0 radical (unpaired) electrons. The molecule has 0 bridgehead atoms. The molecule has 1 unspecified atom stereocenters. The van der Waals surface area contributed by atoms with Gasteiger partial charge in [0.25, 0.3) is 0 Å². The zero-order valence-electron chi connectivity index (χ0n) is 9.27. The number of aromatic nitrogens is 1. The van der Waals surface area contributed by atoms with Crippen LogP contribution in [0.2, 0.25) is 0 Å². The average Bonchev–Trinajstić information content (AvgIpc) is 2.78. The second-order valence-corrected chi connectivity index (χ2v) is 5.99. The van der Waals surface area contributed by atoms with Crippen LogP contribution in [0.3, 0.4) is 0 Å². The van der Waals surface area contributed by atoms with Crippen LogP contribution in [0.15, 0.2) is 5.38 Å². The van der Waals surface area contributed by atoms with E-state index in [2.05, 4.69) is 9.72 Å². The highest BCUT2D eigenvalue weighted by Gasteiger charge is 2.19. The number of esters is 1. The zero-order chi connectivity index (χ0) is 11.4. The Kier molecular flexibility index (Phi) is 4.23. The molecule has 1 fully saturated rings. The standard InChI is InChI=1S/C11H15NO2S2/c1-14-10(13)6-8-7-16-11(12-8)9-4-2-3-5-15-9/h7,9H,2-6H2,1H3. The maximum atomic E-state index is 11.1. The molecule has 0 N–H and O–H groups in total. The van der Waals surface area contributed by atoms with Crippen LogP contribution in [0, 0.1) is 0 Å². The van der Waals surface area contributed by atoms with Crippen molar-refractivity contribution in [3.63, 3.8) is 0 Å². The van der Waals surface area contributed by atoms with Gasteiger partial charge in [0, 0.05) is 5.38 Å². The molecule has 0 spiro atoms. The fraction of sp³-hybridized carbons (Fsp3) is 0.636. The second-order valence-electron chi connectivity index (χ2n) is 3.79. The summed E-state index contributed by atoms with van der Waals surface area (Å²) >= 11 is 3.65. The van der Waals surface area contributed by atoms with Crippen molar-refractivity contribution in [1.82, 2.24) is 4.98 Å². The van der Waals surface area contributed by atoms with E-state index in [0.717, 1.165) is 5.69 Å². The molecule has 1 aromatic rings. The summed E-state index contributed by atoms with van der Waals surface area (Å²) in [7, 11) is 1.41. The lowest BCUT2D eigenvalue weighted by Gasteiger charge is -2.18. The lowest BCUT2D eigenvalue weighted by molar-refractivity contribution is -0.139. The Hall–Kier alpha value is -0.550. The molecule has 0 aliphatic carbocycles. The Morgan fingerprint density at radius 2 is 2.50 bits per heavy atom. The number of carbonyl (C=O) groups is 1. The fourth-order valence-corrected chi connectivity index (χ4v) is 4.09. The number of thioether (sulfide) groups is 1. The summed E-state index contributed by atoms with van der Waals surface area (Å²) in [4.78, 5) is 15.6. The van der Waals surface area contributed by atoms with Crippen molar-refractivity contribution in [2.45, 2.75) is 30.9 Å². The van der Waals surface area contributed by atoms with E-state index in [4.69, 9.17) is 0 Å². The quantitative estimate of drug-likeness (QED) is 0.781. The highest BCUT2D eigenvalue weighted by Crippen LogP contribution is 2.39. The largest absolute Gasteiger partial charge is 0.469 e. The van der Waals surface area contributed by atoms with Crippen LogP contribution >= 0.6 is 23.1 Å². The van der Waals surface area contributed by atoms with Crippen molar-refractivity contribution >= 4 is 29.1 Å². The molecular weight excluding hydrogens is 242 g/mol. The van der Waals surface area contributed by atoms with Crippen LogP contribution in [-0.2, 0) is 16.0 Å². The fourth-order valence-electron chi connectivity index (χ4n) is 1.71. The zero-order valence-corrected chi connectivity index (χ0v) is 10.9. The van der Waals surface area contributed by atoms with Crippen molar-refractivity contribution < 1.29 is 9.53 Å². The number of hydrogen-bond donors (Lipinski definition) is 0. The van der Waals surface area contributed by atoms with Gasteiger partial charge in [0.2, 0.25) is 0 Å². The van der Waals surface area contributed by atoms with Crippen LogP contribution in [0.1, 0.15) is 35.2 Å². The van der Waals surface area contributed by atoms with E-state index < -0.39 is 0 Å². The smallest absolute Gasteiger partial charge is 0.311 e. The van der Waals surface area contributed by atoms with Crippen molar-refractivity contribution in [1.29, 1.82) is 0 Å². The molecule has 1 atom stereocenters. The van der Waals surface area contributed by atoms with Crippen molar-refractivity contribution in [3.05, 3.63) is 16.1 Å². The second kappa shape index (κ2) is 5.68. The van der Waals surface area contributed by atoms with Gasteiger partial charge in [-0.3, -0.25) is 4.79 Å². The number of methoxy groups -OCH3 is 1. The number of hydrogen-bond acceptors (Lipinski definition) is 5. The van der Waals surface area contributed by atoms with Crippen LogP contribution in [0.5, 0.6) is 0 Å². The minimum absolute atomic E-state index is 0.215. The van der Waals surface area contributed by atoms with Gasteiger partial charge in [0.15, 0.2) is 0 Å². The average molecular weight is 257 g/mol. The minimum Gasteiger partial charge on any atom is -0.469 e. The molecule has 2 rings (SSSR count). The molecule has 1 aromatic heterocycles. The van der Waals surface area contributed by atoms with Gasteiger partial charge in [-0.1, -0.05) is 6.42 Å². The van der Waals surface area contributed by atoms with E-state index in [9.17, 15) is 4.79 Å². The van der Waals surface area contributed by atoms with Gasteiger partial charge in [0.05, 0.1) is 24.5 Å². The van der Waals surface area contributed by atoms with E-state index in [0.29, 0.717) is 11.7 Å².